The zero-order valence-electron chi connectivity index (χ0n) is 12.0. The van der Waals surface area contributed by atoms with Gasteiger partial charge >= 0.3 is 12.2 Å². The van der Waals surface area contributed by atoms with E-state index in [2.05, 4.69) is 10.1 Å². The largest absolute Gasteiger partial charge is 0.464 e. The van der Waals surface area contributed by atoms with Crippen LogP contribution in [0.15, 0.2) is 42.6 Å². The highest BCUT2D eigenvalue weighted by Crippen LogP contribution is 2.26. The van der Waals surface area contributed by atoms with Crippen molar-refractivity contribution < 1.29 is 19.8 Å². The Kier molecular flexibility index (Phi) is 3.41. The number of nitrogens with zero attached hydrogens (tertiary/aromatic N) is 4. The number of carboxylic acid groups (broad SMARTS) is 2. The molecule has 8 heteroatoms. The molecule has 1 aromatic carbocycles. The van der Waals surface area contributed by atoms with E-state index >= 15 is 0 Å². The minimum absolute atomic E-state index is 0.0705. The van der Waals surface area contributed by atoms with Crippen molar-refractivity contribution in [1.82, 2.24) is 14.8 Å². The summed E-state index contributed by atoms with van der Waals surface area (Å²) in [5.74, 6) is -0.0705. The number of imide groups is 1. The minimum atomic E-state index is -1.60. The van der Waals surface area contributed by atoms with Gasteiger partial charge in [-0.25, -0.2) is 14.3 Å². The summed E-state index contributed by atoms with van der Waals surface area (Å²) >= 11 is 0. The van der Waals surface area contributed by atoms with Gasteiger partial charge in [-0.2, -0.15) is 10.00 Å². The fourth-order valence-electron chi connectivity index (χ4n) is 2.37. The first-order valence-electron chi connectivity index (χ1n) is 6.66. The Labute approximate surface area is 130 Å². The zero-order chi connectivity index (χ0) is 16.6. The van der Waals surface area contributed by atoms with Crippen molar-refractivity contribution in [2.24, 2.45) is 0 Å². The van der Waals surface area contributed by atoms with Crippen molar-refractivity contribution in [3.05, 3.63) is 48.3 Å². The lowest BCUT2D eigenvalue weighted by atomic mass is 10.2. The number of aromatic nitrogens is 3. The summed E-state index contributed by atoms with van der Waals surface area (Å²) in [6.45, 7) is 1.66. The molecule has 3 rings (SSSR count). The number of amides is 2. The summed E-state index contributed by atoms with van der Waals surface area (Å²) < 4.78 is 1.29. The highest BCUT2D eigenvalue weighted by Gasteiger charge is 2.27. The van der Waals surface area contributed by atoms with Gasteiger partial charge in [0.25, 0.3) is 0 Å². The van der Waals surface area contributed by atoms with Crippen LogP contribution in [0.3, 0.4) is 0 Å². The van der Waals surface area contributed by atoms with Crippen LogP contribution in [-0.2, 0) is 0 Å². The molecule has 0 unspecified atom stereocenters. The lowest BCUT2D eigenvalue weighted by Crippen LogP contribution is -2.36. The molecule has 0 bridgehead atoms. The summed E-state index contributed by atoms with van der Waals surface area (Å²) in [5, 5.41) is 23.3. The van der Waals surface area contributed by atoms with Gasteiger partial charge in [-0.15, -0.1) is 0 Å². The minimum Gasteiger partial charge on any atom is -0.464 e. The van der Waals surface area contributed by atoms with Crippen molar-refractivity contribution in [2.45, 2.75) is 6.92 Å². The molecule has 0 spiro atoms. The molecule has 116 valence electrons. The summed E-state index contributed by atoms with van der Waals surface area (Å²) in [6.07, 6.45) is -1.56. The Morgan fingerprint density at radius 2 is 1.87 bits per heavy atom. The molecule has 0 atom stereocenters. The first-order chi connectivity index (χ1) is 11.0. The predicted molar refractivity (Wildman–Crippen MR) is 82.1 cm³/mol. The zero-order valence-corrected chi connectivity index (χ0v) is 12.0. The third kappa shape index (κ3) is 2.46. The van der Waals surface area contributed by atoms with E-state index in [1.807, 2.05) is 6.07 Å². The van der Waals surface area contributed by atoms with Crippen LogP contribution in [0.1, 0.15) is 5.69 Å². The van der Waals surface area contributed by atoms with Crippen molar-refractivity contribution >= 4 is 28.9 Å². The van der Waals surface area contributed by atoms with Gasteiger partial charge in [0.2, 0.25) is 0 Å². The maximum atomic E-state index is 11.3. The van der Waals surface area contributed by atoms with Crippen LogP contribution in [-0.4, -0.2) is 37.2 Å². The molecule has 0 saturated heterocycles. The van der Waals surface area contributed by atoms with Gasteiger partial charge in [-0.1, -0.05) is 6.07 Å². The second-order valence-electron chi connectivity index (χ2n) is 4.80. The molecular weight excluding hydrogens is 300 g/mol. The molecule has 2 heterocycles. The van der Waals surface area contributed by atoms with E-state index in [0.717, 1.165) is 5.39 Å². The lowest BCUT2D eigenvalue weighted by Gasteiger charge is -2.16. The third-order valence-corrected chi connectivity index (χ3v) is 3.28. The average Bonchev–Trinajstić information content (AvgIpc) is 2.87. The Morgan fingerprint density at radius 3 is 2.57 bits per heavy atom. The number of aryl methyl sites for hydroxylation is 1. The molecular formula is C15H12N4O4. The number of carbonyl (C=O) groups is 2. The number of pyridine rings is 1. The standard InChI is InChI=1S/C15H12N4O4/c1-9-8-13(18(14(20)21)15(22)23)19(17-9)12-6-2-5-11-10(12)4-3-7-16-11/h2-8H,1H3,(H,20,21)(H,22,23). The van der Waals surface area contributed by atoms with Gasteiger partial charge in [-0.3, -0.25) is 4.98 Å². The van der Waals surface area contributed by atoms with Crippen LogP contribution >= 0.6 is 0 Å². The first kappa shape index (κ1) is 14.5. The third-order valence-electron chi connectivity index (χ3n) is 3.28. The van der Waals surface area contributed by atoms with Crippen LogP contribution in [0.5, 0.6) is 0 Å². The van der Waals surface area contributed by atoms with Crippen molar-refractivity contribution in [3.8, 4) is 5.69 Å². The molecule has 2 N–H and O–H groups in total. The fraction of sp³-hybridized carbons (Fsp3) is 0.0667. The molecule has 8 nitrogen and oxygen atoms in total. The average molecular weight is 312 g/mol. The van der Waals surface area contributed by atoms with Crippen molar-refractivity contribution in [1.29, 1.82) is 0 Å². The molecule has 0 saturated carbocycles. The van der Waals surface area contributed by atoms with Crippen LogP contribution in [0.4, 0.5) is 15.4 Å². The van der Waals surface area contributed by atoms with E-state index in [1.54, 1.807) is 37.4 Å². The van der Waals surface area contributed by atoms with Gasteiger partial charge < -0.3 is 10.2 Å². The van der Waals surface area contributed by atoms with Gasteiger partial charge in [0.1, 0.15) is 0 Å². The molecule has 0 fully saturated rings. The predicted octanol–water partition coefficient (Wildman–Crippen LogP) is 2.89. The Morgan fingerprint density at radius 1 is 1.13 bits per heavy atom. The second-order valence-corrected chi connectivity index (χ2v) is 4.80. The molecule has 0 aliphatic rings. The molecule has 0 aliphatic heterocycles. The topological polar surface area (TPSA) is 109 Å². The van der Waals surface area contributed by atoms with Crippen molar-refractivity contribution in [3.63, 3.8) is 0 Å². The lowest BCUT2D eigenvalue weighted by molar-refractivity contribution is 0.184. The normalized spacial score (nSPS) is 10.7. The van der Waals surface area contributed by atoms with E-state index in [0.29, 0.717) is 16.9 Å². The van der Waals surface area contributed by atoms with Gasteiger partial charge in [0, 0.05) is 17.6 Å². The summed E-state index contributed by atoms with van der Waals surface area (Å²) in [4.78, 5) is 27.0. The number of benzene rings is 1. The van der Waals surface area contributed by atoms with E-state index in [9.17, 15) is 19.8 Å². The highest BCUT2D eigenvalue weighted by atomic mass is 16.4. The quantitative estimate of drug-likeness (QED) is 0.753. The monoisotopic (exact) mass is 312 g/mol. The maximum Gasteiger partial charge on any atom is 0.422 e. The molecule has 3 aromatic rings. The summed E-state index contributed by atoms with van der Waals surface area (Å²) in [5.41, 5.74) is 1.74. The van der Waals surface area contributed by atoms with E-state index < -0.39 is 12.2 Å². The van der Waals surface area contributed by atoms with Crippen molar-refractivity contribution in [2.75, 3.05) is 4.90 Å². The molecule has 2 amide bonds. The first-order valence-corrected chi connectivity index (χ1v) is 6.66. The summed E-state index contributed by atoms with van der Waals surface area (Å²) in [7, 11) is 0. The Balaban J connectivity index is 2.28. The number of rotatable bonds is 2. The van der Waals surface area contributed by atoms with Gasteiger partial charge in [0.15, 0.2) is 5.82 Å². The van der Waals surface area contributed by atoms with Crippen LogP contribution in [0.2, 0.25) is 0 Å². The maximum absolute atomic E-state index is 11.3. The molecule has 0 aliphatic carbocycles. The van der Waals surface area contributed by atoms with E-state index in [4.69, 9.17) is 0 Å². The van der Waals surface area contributed by atoms with Crippen LogP contribution in [0, 0.1) is 6.92 Å². The number of hydrogen-bond donors (Lipinski definition) is 2. The smallest absolute Gasteiger partial charge is 0.422 e. The van der Waals surface area contributed by atoms with E-state index in [1.165, 1.54) is 10.7 Å². The Bertz CT molecular complexity index is 899. The second kappa shape index (κ2) is 5.41. The van der Waals surface area contributed by atoms with Gasteiger partial charge in [0.05, 0.1) is 16.9 Å². The summed E-state index contributed by atoms with van der Waals surface area (Å²) in [6, 6.07) is 10.2. The SMILES string of the molecule is Cc1cc(N(C(=O)O)C(=O)O)n(-c2cccc3ncccc23)n1. The van der Waals surface area contributed by atoms with Crippen LogP contribution in [0.25, 0.3) is 16.6 Å². The highest BCUT2D eigenvalue weighted by molar-refractivity contribution is 6.07. The molecule has 0 radical (unpaired) electrons. The van der Waals surface area contributed by atoms with E-state index in [-0.39, 0.29) is 10.7 Å². The number of hydrogen-bond acceptors (Lipinski definition) is 4. The van der Waals surface area contributed by atoms with Gasteiger partial charge in [-0.05, 0) is 31.2 Å². The molecule has 23 heavy (non-hydrogen) atoms. The van der Waals surface area contributed by atoms with Crippen LogP contribution < -0.4 is 4.90 Å². The number of fused-ring (bicyclic) bond motifs is 1. The number of anilines is 1. The molecule has 2 aromatic heterocycles. The Hall–Kier alpha value is -3.42. The fourth-order valence-corrected chi connectivity index (χ4v) is 2.37.